The van der Waals surface area contributed by atoms with Gasteiger partial charge in [-0.05, 0) is 32.0 Å². The second kappa shape index (κ2) is 3.62. The van der Waals surface area contributed by atoms with E-state index in [-0.39, 0.29) is 0 Å². The van der Waals surface area contributed by atoms with Gasteiger partial charge >= 0.3 is 0 Å². The first-order valence-corrected chi connectivity index (χ1v) is 5.46. The summed E-state index contributed by atoms with van der Waals surface area (Å²) < 4.78 is 0. The lowest BCUT2D eigenvalue weighted by atomic mass is 9.85. The zero-order chi connectivity index (χ0) is 11.1. The van der Waals surface area contributed by atoms with Crippen LogP contribution in [0.5, 0.6) is 0 Å². The molecule has 0 amide bonds. The first-order chi connectivity index (χ1) is 6.98. The van der Waals surface area contributed by atoms with E-state index < -0.39 is 5.60 Å². The van der Waals surface area contributed by atoms with Crippen molar-refractivity contribution in [3.63, 3.8) is 0 Å². The molecule has 1 aromatic rings. The Labute approximate surface area is 91.5 Å². The number of nitrogens with zero attached hydrogens (tertiary/aromatic N) is 1. The lowest BCUT2D eigenvalue weighted by Crippen LogP contribution is -2.61. The SMILES string of the molecule is Cc1ccc(C)c(CC2(O)CN(C)C2)c1. The van der Waals surface area contributed by atoms with Crippen LogP contribution < -0.4 is 0 Å². The Hall–Kier alpha value is -0.860. The van der Waals surface area contributed by atoms with Gasteiger partial charge < -0.3 is 10.0 Å². The summed E-state index contributed by atoms with van der Waals surface area (Å²) in [6, 6.07) is 6.44. The van der Waals surface area contributed by atoms with Gasteiger partial charge in [0, 0.05) is 19.5 Å². The monoisotopic (exact) mass is 205 g/mol. The average Bonchev–Trinajstić information content (AvgIpc) is 2.09. The van der Waals surface area contributed by atoms with Crippen molar-refractivity contribution in [3.8, 4) is 0 Å². The Morgan fingerprint density at radius 2 is 2.00 bits per heavy atom. The van der Waals surface area contributed by atoms with Crippen molar-refractivity contribution in [3.05, 3.63) is 34.9 Å². The van der Waals surface area contributed by atoms with E-state index in [1.165, 1.54) is 16.7 Å². The van der Waals surface area contributed by atoms with Crippen LogP contribution in [0.3, 0.4) is 0 Å². The third-order valence-corrected chi connectivity index (χ3v) is 3.15. The maximum absolute atomic E-state index is 10.2. The van der Waals surface area contributed by atoms with E-state index >= 15 is 0 Å². The lowest BCUT2D eigenvalue weighted by Gasteiger charge is -2.44. The fourth-order valence-corrected chi connectivity index (χ4v) is 2.42. The molecule has 0 saturated carbocycles. The van der Waals surface area contributed by atoms with E-state index in [1.807, 2.05) is 7.05 Å². The van der Waals surface area contributed by atoms with Crippen molar-refractivity contribution in [2.45, 2.75) is 25.9 Å². The van der Waals surface area contributed by atoms with Gasteiger partial charge in [-0.25, -0.2) is 0 Å². The zero-order valence-electron chi connectivity index (χ0n) is 9.75. The van der Waals surface area contributed by atoms with Gasteiger partial charge in [-0.3, -0.25) is 0 Å². The quantitative estimate of drug-likeness (QED) is 0.791. The summed E-state index contributed by atoms with van der Waals surface area (Å²) in [6.07, 6.45) is 0.783. The van der Waals surface area contributed by atoms with Crippen molar-refractivity contribution >= 4 is 0 Å². The summed E-state index contributed by atoms with van der Waals surface area (Å²) in [5.74, 6) is 0. The third kappa shape index (κ3) is 2.21. The fourth-order valence-electron chi connectivity index (χ4n) is 2.42. The van der Waals surface area contributed by atoms with Crippen LogP contribution in [0.1, 0.15) is 16.7 Å². The molecular weight excluding hydrogens is 186 g/mol. The van der Waals surface area contributed by atoms with Gasteiger partial charge in [0.25, 0.3) is 0 Å². The number of hydrogen-bond donors (Lipinski definition) is 1. The molecule has 0 spiro atoms. The molecule has 82 valence electrons. The average molecular weight is 205 g/mol. The number of benzene rings is 1. The maximum Gasteiger partial charge on any atom is 0.0940 e. The summed E-state index contributed by atoms with van der Waals surface area (Å²) in [5, 5.41) is 10.2. The van der Waals surface area contributed by atoms with Crippen LogP contribution in [0.15, 0.2) is 18.2 Å². The van der Waals surface area contributed by atoms with Gasteiger partial charge in [-0.1, -0.05) is 23.8 Å². The largest absolute Gasteiger partial charge is 0.387 e. The van der Waals surface area contributed by atoms with E-state index in [1.54, 1.807) is 0 Å². The molecular formula is C13H19NO. The minimum Gasteiger partial charge on any atom is -0.387 e. The molecule has 1 fully saturated rings. The Morgan fingerprint density at radius 3 is 2.60 bits per heavy atom. The highest BCUT2D eigenvalue weighted by molar-refractivity contribution is 5.32. The molecule has 1 heterocycles. The molecule has 0 aromatic heterocycles. The molecule has 1 saturated heterocycles. The molecule has 2 heteroatoms. The minimum absolute atomic E-state index is 0.493. The number of likely N-dealkylation sites (N-methyl/N-ethyl adjacent to an activating group) is 1. The highest BCUT2D eigenvalue weighted by Gasteiger charge is 2.39. The molecule has 0 atom stereocenters. The number of rotatable bonds is 2. The first-order valence-electron chi connectivity index (χ1n) is 5.46. The van der Waals surface area contributed by atoms with Crippen LogP contribution in [0.4, 0.5) is 0 Å². The van der Waals surface area contributed by atoms with E-state index in [0.29, 0.717) is 0 Å². The smallest absolute Gasteiger partial charge is 0.0940 e. The number of aryl methyl sites for hydroxylation is 2. The van der Waals surface area contributed by atoms with E-state index in [2.05, 4.69) is 36.9 Å². The van der Waals surface area contributed by atoms with Crippen LogP contribution in [0.2, 0.25) is 0 Å². The summed E-state index contributed by atoms with van der Waals surface area (Å²) in [5.41, 5.74) is 3.34. The summed E-state index contributed by atoms with van der Waals surface area (Å²) >= 11 is 0. The number of aliphatic hydroxyl groups is 1. The molecule has 0 unspecified atom stereocenters. The van der Waals surface area contributed by atoms with Gasteiger partial charge in [0.2, 0.25) is 0 Å². The molecule has 1 aliphatic heterocycles. The molecule has 0 radical (unpaired) electrons. The summed E-state index contributed by atoms with van der Waals surface area (Å²) in [7, 11) is 2.04. The lowest BCUT2D eigenvalue weighted by molar-refractivity contribution is -0.0848. The van der Waals surface area contributed by atoms with Gasteiger partial charge in [0.15, 0.2) is 0 Å². The second-order valence-electron chi connectivity index (χ2n) is 5.00. The predicted molar refractivity (Wildman–Crippen MR) is 62.1 cm³/mol. The van der Waals surface area contributed by atoms with Gasteiger partial charge in [0.05, 0.1) is 5.60 Å². The normalized spacial score (nSPS) is 20.0. The van der Waals surface area contributed by atoms with Crippen LogP contribution >= 0.6 is 0 Å². The van der Waals surface area contributed by atoms with Gasteiger partial charge in [-0.2, -0.15) is 0 Å². The standard InChI is InChI=1S/C13H19NO/c1-10-4-5-11(2)12(6-10)7-13(15)8-14(3)9-13/h4-6,15H,7-9H2,1-3H3. The fraction of sp³-hybridized carbons (Fsp3) is 0.538. The van der Waals surface area contributed by atoms with E-state index in [0.717, 1.165) is 19.5 Å². The minimum atomic E-state index is -0.493. The highest BCUT2D eigenvalue weighted by Crippen LogP contribution is 2.25. The van der Waals surface area contributed by atoms with Crippen LogP contribution in [0, 0.1) is 13.8 Å². The molecule has 15 heavy (non-hydrogen) atoms. The molecule has 1 aromatic carbocycles. The highest BCUT2D eigenvalue weighted by atomic mass is 16.3. The van der Waals surface area contributed by atoms with Crippen molar-refractivity contribution in [1.82, 2.24) is 4.90 Å². The Morgan fingerprint density at radius 1 is 1.33 bits per heavy atom. The van der Waals surface area contributed by atoms with Gasteiger partial charge in [-0.15, -0.1) is 0 Å². The predicted octanol–water partition coefficient (Wildman–Crippen LogP) is 1.52. The molecule has 2 nitrogen and oxygen atoms in total. The number of likely N-dealkylation sites (tertiary alicyclic amines) is 1. The Balaban J connectivity index is 2.14. The van der Waals surface area contributed by atoms with Gasteiger partial charge in [0.1, 0.15) is 0 Å². The number of β-amino-alcohol motifs (C(OH)–C–C–N with tert-alkyl or cyclic N) is 1. The summed E-state index contributed by atoms with van der Waals surface area (Å²) in [4.78, 5) is 2.14. The topological polar surface area (TPSA) is 23.5 Å². The van der Waals surface area contributed by atoms with Crippen molar-refractivity contribution in [2.75, 3.05) is 20.1 Å². The third-order valence-electron chi connectivity index (χ3n) is 3.15. The van der Waals surface area contributed by atoms with Crippen LogP contribution in [-0.2, 0) is 6.42 Å². The van der Waals surface area contributed by atoms with Crippen molar-refractivity contribution in [1.29, 1.82) is 0 Å². The first kappa shape index (κ1) is 10.7. The second-order valence-corrected chi connectivity index (χ2v) is 5.00. The maximum atomic E-state index is 10.2. The zero-order valence-corrected chi connectivity index (χ0v) is 9.75. The summed E-state index contributed by atoms with van der Waals surface area (Å²) in [6.45, 7) is 5.79. The van der Waals surface area contributed by atoms with Crippen molar-refractivity contribution < 1.29 is 5.11 Å². The van der Waals surface area contributed by atoms with E-state index in [9.17, 15) is 5.11 Å². The van der Waals surface area contributed by atoms with Crippen LogP contribution in [0.25, 0.3) is 0 Å². The van der Waals surface area contributed by atoms with Crippen LogP contribution in [-0.4, -0.2) is 35.7 Å². The molecule has 0 bridgehead atoms. The Kier molecular flexibility index (Phi) is 2.57. The number of hydrogen-bond acceptors (Lipinski definition) is 2. The molecule has 1 N–H and O–H groups in total. The Bertz CT molecular complexity index is 367. The van der Waals surface area contributed by atoms with Crippen molar-refractivity contribution in [2.24, 2.45) is 0 Å². The molecule has 0 aliphatic carbocycles. The molecule has 2 rings (SSSR count). The van der Waals surface area contributed by atoms with E-state index in [4.69, 9.17) is 0 Å². The molecule has 1 aliphatic rings.